The van der Waals surface area contributed by atoms with Gasteiger partial charge in [-0.2, -0.15) is 0 Å². The van der Waals surface area contributed by atoms with Gasteiger partial charge in [-0.1, -0.05) is 42.5 Å². The molecule has 120 valence electrons. The number of benzene rings is 2. The van der Waals surface area contributed by atoms with Gasteiger partial charge in [0.2, 0.25) is 10.0 Å². The van der Waals surface area contributed by atoms with E-state index in [0.29, 0.717) is 0 Å². The van der Waals surface area contributed by atoms with Gasteiger partial charge >= 0.3 is 5.69 Å². The van der Waals surface area contributed by atoms with Crippen LogP contribution in [0.3, 0.4) is 0 Å². The maximum absolute atomic E-state index is 12.1. The molecule has 0 unspecified atom stereocenters. The molecule has 0 aliphatic heterocycles. The van der Waals surface area contributed by atoms with E-state index in [1.165, 1.54) is 4.57 Å². The van der Waals surface area contributed by atoms with Crippen LogP contribution in [0.1, 0.15) is 5.56 Å². The fourth-order valence-corrected chi connectivity index (χ4v) is 3.62. The van der Waals surface area contributed by atoms with Gasteiger partial charge in [-0.15, -0.1) is 0 Å². The van der Waals surface area contributed by atoms with E-state index in [9.17, 15) is 13.2 Å². The Hall–Kier alpha value is -2.38. The Labute approximate surface area is 133 Å². The highest BCUT2D eigenvalue weighted by atomic mass is 32.2. The van der Waals surface area contributed by atoms with Gasteiger partial charge in [-0.25, -0.2) is 17.9 Å². The van der Waals surface area contributed by atoms with Crippen LogP contribution in [0.25, 0.3) is 11.0 Å². The van der Waals surface area contributed by atoms with Crippen LogP contribution in [0.15, 0.2) is 59.4 Å². The van der Waals surface area contributed by atoms with Crippen LogP contribution in [0.2, 0.25) is 0 Å². The largest absolute Gasteiger partial charge is 0.326 e. The number of nitrogens with one attached hydrogen (secondary N) is 2. The minimum absolute atomic E-state index is 0.0728. The van der Waals surface area contributed by atoms with Crippen molar-refractivity contribution in [2.75, 3.05) is 6.54 Å². The first kappa shape index (κ1) is 15.5. The van der Waals surface area contributed by atoms with Crippen LogP contribution in [0.5, 0.6) is 0 Å². The molecule has 1 aromatic heterocycles. The fourth-order valence-electron chi connectivity index (χ4n) is 2.49. The van der Waals surface area contributed by atoms with E-state index in [0.717, 1.165) is 16.6 Å². The summed E-state index contributed by atoms with van der Waals surface area (Å²) in [6.07, 6.45) is 0. The average molecular weight is 331 g/mol. The summed E-state index contributed by atoms with van der Waals surface area (Å²) in [5, 5.41) is 0. The number of aromatic nitrogens is 2. The monoisotopic (exact) mass is 331 g/mol. The van der Waals surface area contributed by atoms with Crippen LogP contribution in [-0.2, 0) is 22.3 Å². The smallest absolute Gasteiger partial charge is 0.306 e. The van der Waals surface area contributed by atoms with E-state index in [1.54, 1.807) is 24.3 Å². The lowest BCUT2D eigenvalue weighted by molar-refractivity contribution is 0.571. The number of para-hydroxylation sites is 2. The van der Waals surface area contributed by atoms with Gasteiger partial charge < -0.3 is 4.98 Å². The third-order valence-electron chi connectivity index (χ3n) is 3.54. The molecule has 0 aliphatic rings. The number of hydrogen-bond donors (Lipinski definition) is 2. The minimum Gasteiger partial charge on any atom is -0.306 e. The normalized spacial score (nSPS) is 11.8. The lowest BCUT2D eigenvalue weighted by Crippen LogP contribution is -2.30. The number of fused-ring (bicyclic) bond motifs is 1. The maximum atomic E-state index is 12.1. The molecule has 0 fully saturated rings. The van der Waals surface area contributed by atoms with E-state index in [1.807, 2.05) is 30.3 Å². The maximum Gasteiger partial charge on any atom is 0.326 e. The molecule has 6 nitrogen and oxygen atoms in total. The standard InChI is InChI=1S/C16H17N3O3S/c20-16-18-14-8-4-5-9-15(14)19(16)11-10-17-23(21,22)12-13-6-2-1-3-7-13/h1-9,17H,10-12H2,(H,18,20). The van der Waals surface area contributed by atoms with Gasteiger partial charge in [0.1, 0.15) is 0 Å². The van der Waals surface area contributed by atoms with E-state index in [2.05, 4.69) is 9.71 Å². The van der Waals surface area contributed by atoms with E-state index >= 15 is 0 Å². The zero-order valence-electron chi connectivity index (χ0n) is 12.4. The minimum atomic E-state index is -3.43. The number of imidazole rings is 1. The van der Waals surface area contributed by atoms with E-state index < -0.39 is 10.0 Å². The predicted molar refractivity (Wildman–Crippen MR) is 89.6 cm³/mol. The number of hydrogen-bond acceptors (Lipinski definition) is 3. The molecule has 0 spiro atoms. The summed E-state index contributed by atoms with van der Waals surface area (Å²) in [6.45, 7) is 0.438. The Morgan fingerprint density at radius 1 is 1.00 bits per heavy atom. The second-order valence-electron chi connectivity index (χ2n) is 5.24. The van der Waals surface area contributed by atoms with Gasteiger partial charge in [0.25, 0.3) is 0 Å². The average Bonchev–Trinajstić information content (AvgIpc) is 2.84. The predicted octanol–water partition coefficient (Wildman–Crippen LogP) is 1.45. The van der Waals surface area contributed by atoms with Crippen molar-refractivity contribution in [3.63, 3.8) is 0 Å². The summed E-state index contributed by atoms with van der Waals surface area (Å²) in [4.78, 5) is 14.7. The fraction of sp³-hybridized carbons (Fsp3) is 0.188. The summed E-state index contributed by atoms with van der Waals surface area (Å²) < 4.78 is 28.2. The van der Waals surface area contributed by atoms with Gasteiger partial charge in [0.05, 0.1) is 16.8 Å². The molecule has 3 aromatic rings. The molecule has 0 bridgehead atoms. The third kappa shape index (κ3) is 3.69. The molecular weight excluding hydrogens is 314 g/mol. The summed E-state index contributed by atoms with van der Waals surface area (Å²) in [7, 11) is -3.43. The van der Waals surface area contributed by atoms with Crippen LogP contribution in [0, 0.1) is 0 Å². The Morgan fingerprint density at radius 3 is 2.48 bits per heavy atom. The summed E-state index contributed by atoms with van der Waals surface area (Å²) >= 11 is 0. The van der Waals surface area contributed by atoms with Crippen LogP contribution in [-0.4, -0.2) is 24.5 Å². The topological polar surface area (TPSA) is 84.0 Å². The van der Waals surface area contributed by atoms with E-state index in [-0.39, 0.29) is 24.5 Å². The highest BCUT2D eigenvalue weighted by molar-refractivity contribution is 7.88. The van der Waals surface area contributed by atoms with Crippen molar-refractivity contribution in [1.82, 2.24) is 14.3 Å². The molecule has 0 saturated carbocycles. The Kier molecular flexibility index (Phi) is 4.31. The molecular formula is C16H17N3O3S. The molecule has 0 aliphatic carbocycles. The highest BCUT2D eigenvalue weighted by Gasteiger charge is 2.12. The molecule has 0 radical (unpaired) electrons. The van der Waals surface area contributed by atoms with Gasteiger partial charge in [0, 0.05) is 13.1 Å². The van der Waals surface area contributed by atoms with Crippen molar-refractivity contribution >= 4 is 21.1 Å². The third-order valence-corrected chi connectivity index (χ3v) is 4.90. The number of nitrogens with zero attached hydrogens (tertiary/aromatic N) is 1. The molecule has 1 heterocycles. The van der Waals surface area contributed by atoms with Crippen molar-refractivity contribution in [2.24, 2.45) is 0 Å². The molecule has 7 heteroatoms. The van der Waals surface area contributed by atoms with Crippen molar-refractivity contribution in [3.8, 4) is 0 Å². The van der Waals surface area contributed by atoms with Crippen molar-refractivity contribution < 1.29 is 8.42 Å². The lowest BCUT2D eigenvalue weighted by atomic mass is 10.2. The first-order valence-electron chi connectivity index (χ1n) is 7.24. The molecule has 0 amide bonds. The number of rotatable bonds is 6. The van der Waals surface area contributed by atoms with Crippen molar-refractivity contribution in [1.29, 1.82) is 0 Å². The van der Waals surface area contributed by atoms with Gasteiger partial charge in [0.15, 0.2) is 0 Å². The molecule has 3 rings (SSSR count). The molecule has 23 heavy (non-hydrogen) atoms. The second-order valence-corrected chi connectivity index (χ2v) is 7.04. The van der Waals surface area contributed by atoms with Crippen LogP contribution < -0.4 is 10.4 Å². The highest BCUT2D eigenvalue weighted by Crippen LogP contribution is 2.08. The first-order chi connectivity index (χ1) is 11.1. The molecule has 2 aromatic carbocycles. The molecule has 0 saturated heterocycles. The summed E-state index contributed by atoms with van der Waals surface area (Å²) in [5.41, 5.74) is 1.99. The van der Waals surface area contributed by atoms with Crippen molar-refractivity contribution in [3.05, 3.63) is 70.6 Å². The van der Waals surface area contributed by atoms with Gasteiger partial charge in [-0.3, -0.25) is 4.57 Å². The van der Waals surface area contributed by atoms with Crippen molar-refractivity contribution in [2.45, 2.75) is 12.3 Å². The number of sulfonamides is 1. The first-order valence-corrected chi connectivity index (χ1v) is 8.89. The molecule has 0 atom stereocenters. The quantitative estimate of drug-likeness (QED) is 0.717. The summed E-state index contributed by atoms with van der Waals surface area (Å²) in [6, 6.07) is 16.3. The SMILES string of the molecule is O=c1[nH]c2ccccc2n1CCNS(=O)(=O)Cc1ccccc1. The zero-order chi connectivity index (χ0) is 16.3. The van der Waals surface area contributed by atoms with E-state index in [4.69, 9.17) is 0 Å². The second kappa shape index (κ2) is 6.39. The summed E-state index contributed by atoms with van der Waals surface area (Å²) in [5.74, 6) is -0.0728. The lowest BCUT2D eigenvalue weighted by Gasteiger charge is -2.07. The number of H-pyrrole nitrogens is 1. The molecule has 2 N–H and O–H groups in total. The van der Waals surface area contributed by atoms with Crippen LogP contribution >= 0.6 is 0 Å². The van der Waals surface area contributed by atoms with Crippen LogP contribution in [0.4, 0.5) is 0 Å². The Bertz CT molecular complexity index is 959. The Morgan fingerprint density at radius 2 is 1.70 bits per heavy atom. The number of aromatic amines is 1. The van der Waals surface area contributed by atoms with Gasteiger partial charge in [-0.05, 0) is 17.7 Å². The Balaban J connectivity index is 1.66. The zero-order valence-corrected chi connectivity index (χ0v) is 13.2.